The molecule has 1 fully saturated rings. The number of thioether (sulfide) groups is 1. The van der Waals surface area contributed by atoms with E-state index in [1.165, 1.54) is 12.8 Å². The molecular formula is C11H20BrNOS. The number of rotatable bonds is 4. The summed E-state index contributed by atoms with van der Waals surface area (Å²) in [5.41, 5.74) is 0. The van der Waals surface area contributed by atoms with Crippen LogP contribution >= 0.6 is 27.7 Å². The van der Waals surface area contributed by atoms with E-state index in [0.717, 1.165) is 17.5 Å². The van der Waals surface area contributed by atoms with E-state index >= 15 is 0 Å². The van der Waals surface area contributed by atoms with E-state index in [4.69, 9.17) is 0 Å². The van der Waals surface area contributed by atoms with Crippen LogP contribution in [0.5, 0.6) is 0 Å². The Bertz CT molecular complexity index is 207. The molecule has 15 heavy (non-hydrogen) atoms. The molecule has 1 N–H and O–H groups in total. The van der Waals surface area contributed by atoms with Crippen LogP contribution < -0.4 is 5.32 Å². The summed E-state index contributed by atoms with van der Waals surface area (Å²) >= 11 is 5.25. The number of halogens is 1. The van der Waals surface area contributed by atoms with Gasteiger partial charge in [-0.1, -0.05) is 29.3 Å². The molecule has 1 saturated heterocycles. The Hall–Kier alpha value is 0.300. The Morgan fingerprint density at radius 3 is 2.80 bits per heavy atom. The molecule has 1 aliphatic rings. The van der Waals surface area contributed by atoms with Gasteiger partial charge in [0, 0.05) is 11.4 Å². The minimum Gasteiger partial charge on any atom is -0.352 e. The Morgan fingerprint density at radius 1 is 1.53 bits per heavy atom. The fourth-order valence-corrected chi connectivity index (χ4v) is 3.31. The summed E-state index contributed by atoms with van der Waals surface area (Å²) in [7, 11) is 0. The van der Waals surface area contributed by atoms with Crippen LogP contribution in [0.3, 0.4) is 0 Å². The lowest BCUT2D eigenvalue weighted by Gasteiger charge is -2.25. The van der Waals surface area contributed by atoms with Crippen molar-refractivity contribution in [2.45, 2.75) is 44.4 Å². The third kappa shape index (κ3) is 4.35. The molecule has 1 rings (SSSR count). The average molecular weight is 294 g/mol. The third-order valence-electron chi connectivity index (χ3n) is 2.94. The van der Waals surface area contributed by atoms with Gasteiger partial charge in [-0.15, -0.1) is 11.8 Å². The molecule has 0 aromatic rings. The van der Waals surface area contributed by atoms with Gasteiger partial charge in [0.15, 0.2) is 0 Å². The van der Waals surface area contributed by atoms with Gasteiger partial charge in [0.25, 0.3) is 0 Å². The van der Waals surface area contributed by atoms with E-state index < -0.39 is 0 Å². The number of carbonyl (C=O) groups is 1. The standard InChI is InChI=1S/C11H20BrNOS/c1-8(7-12)9(2)13-11(14)10-5-3-4-6-15-10/h8-10H,3-7H2,1-2H3,(H,13,14). The molecule has 0 saturated carbocycles. The second kappa shape index (κ2) is 6.79. The van der Waals surface area contributed by atoms with Gasteiger partial charge >= 0.3 is 0 Å². The molecule has 3 atom stereocenters. The minimum atomic E-state index is 0.198. The molecule has 0 aromatic heterocycles. The van der Waals surface area contributed by atoms with Gasteiger partial charge in [-0.05, 0) is 31.4 Å². The van der Waals surface area contributed by atoms with Gasteiger partial charge in [-0.2, -0.15) is 0 Å². The van der Waals surface area contributed by atoms with Crippen molar-refractivity contribution in [2.75, 3.05) is 11.1 Å². The molecule has 88 valence electrons. The maximum absolute atomic E-state index is 11.9. The van der Waals surface area contributed by atoms with Gasteiger partial charge in [-0.3, -0.25) is 4.79 Å². The number of hydrogen-bond donors (Lipinski definition) is 1. The predicted octanol–water partition coefficient (Wildman–Crippen LogP) is 2.81. The van der Waals surface area contributed by atoms with Gasteiger partial charge in [-0.25, -0.2) is 0 Å². The van der Waals surface area contributed by atoms with Crippen molar-refractivity contribution in [1.29, 1.82) is 0 Å². The molecule has 0 spiro atoms. The van der Waals surface area contributed by atoms with Crippen molar-refractivity contribution in [3.05, 3.63) is 0 Å². The second-order valence-electron chi connectivity index (χ2n) is 4.28. The lowest BCUT2D eigenvalue weighted by molar-refractivity contribution is -0.121. The van der Waals surface area contributed by atoms with Crippen molar-refractivity contribution in [1.82, 2.24) is 5.32 Å². The molecule has 1 heterocycles. The molecule has 0 bridgehead atoms. The van der Waals surface area contributed by atoms with Gasteiger partial charge < -0.3 is 5.32 Å². The first-order valence-corrected chi connectivity index (χ1v) is 7.80. The first-order chi connectivity index (χ1) is 7.15. The molecular weight excluding hydrogens is 274 g/mol. The minimum absolute atomic E-state index is 0.198. The van der Waals surface area contributed by atoms with Crippen LogP contribution in [0.2, 0.25) is 0 Å². The van der Waals surface area contributed by atoms with Crippen molar-refractivity contribution in [3.8, 4) is 0 Å². The van der Waals surface area contributed by atoms with Crippen LogP contribution in [0.15, 0.2) is 0 Å². The van der Waals surface area contributed by atoms with Gasteiger partial charge in [0.05, 0.1) is 5.25 Å². The molecule has 0 aliphatic carbocycles. The number of hydrogen-bond acceptors (Lipinski definition) is 2. The summed E-state index contributed by atoms with van der Waals surface area (Å²) in [6, 6.07) is 0.263. The Kier molecular flexibility index (Phi) is 6.05. The van der Waals surface area contributed by atoms with Crippen LogP contribution in [-0.2, 0) is 4.79 Å². The molecule has 0 aromatic carbocycles. The summed E-state index contributed by atoms with van der Waals surface area (Å²) in [6.45, 7) is 4.23. The molecule has 0 radical (unpaired) electrons. The number of nitrogens with one attached hydrogen (secondary N) is 1. The Balaban J connectivity index is 2.33. The Morgan fingerprint density at radius 2 is 2.27 bits per heavy atom. The predicted molar refractivity (Wildman–Crippen MR) is 70.7 cm³/mol. The first-order valence-electron chi connectivity index (χ1n) is 5.63. The molecule has 1 amide bonds. The highest BCUT2D eigenvalue weighted by Crippen LogP contribution is 2.25. The quantitative estimate of drug-likeness (QED) is 0.808. The molecule has 2 nitrogen and oxygen atoms in total. The summed E-state index contributed by atoms with van der Waals surface area (Å²) < 4.78 is 0. The number of amides is 1. The van der Waals surface area contributed by atoms with E-state index in [9.17, 15) is 4.79 Å². The topological polar surface area (TPSA) is 29.1 Å². The zero-order valence-electron chi connectivity index (χ0n) is 9.46. The summed E-state index contributed by atoms with van der Waals surface area (Å²) in [4.78, 5) is 11.9. The zero-order chi connectivity index (χ0) is 11.3. The molecule has 4 heteroatoms. The van der Waals surface area contributed by atoms with E-state index in [0.29, 0.717) is 5.92 Å². The van der Waals surface area contributed by atoms with E-state index in [-0.39, 0.29) is 17.2 Å². The third-order valence-corrected chi connectivity index (χ3v) is 5.34. The van der Waals surface area contributed by atoms with Crippen LogP contribution in [-0.4, -0.2) is 28.3 Å². The SMILES string of the molecule is CC(CBr)C(C)NC(=O)C1CCCCS1. The Labute approximate surface area is 105 Å². The largest absolute Gasteiger partial charge is 0.352 e. The normalized spacial score (nSPS) is 25.7. The average Bonchev–Trinajstić information content (AvgIpc) is 2.29. The van der Waals surface area contributed by atoms with Crippen molar-refractivity contribution in [2.24, 2.45) is 5.92 Å². The monoisotopic (exact) mass is 293 g/mol. The number of carbonyl (C=O) groups excluding carboxylic acids is 1. The van der Waals surface area contributed by atoms with Crippen LogP contribution in [0, 0.1) is 5.92 Å². The van der Waals surface area contributed by atoms with Crippen LogP contribution in [0.1, 0.15) is 33.1 Å². The summed E-state index contributed by atoms with van der Waals surface area (Å²) in [5.74, 6) is 1.86. The maximum atomic E-state index is 11.9. The fourth-order valence-electron chi connectivity index (χ4n) is 1.54. The number of alkyl halides is 1. The van der Waals surface area contributed by atoms with E-state index in [1.54, 1.807) is 0 Å². The highest BCUT2D eigenvalue weighted by atomic mass is 79.9. The lowest BCUT2D eigenvalue weighted by Crippen LogP contribution is -2.42. The highest BCUT2D eigenvalue weighted by Gasteiger charge is 2.23. The van der Waals surface area contributed by atoms with Crippen molar-refractivity contribution in [3.63, 3.8) is 0 Å². The smallest absolute Gasteiger partial charge is 0.233 e. The highest BCUT2D eigenvalue weighted by molar-refractivity contribution is 9.09. The zero-order valence-corrected chi connectivity index (χ0v) is 11.9. The fraction of sp³-hybridized carbons (Fsp3) is 0.909. The van der Waals surface area contributed by atoms with Crippen LogP contribution in [0.25, 0.3) is 0 Å². The van der Waals surface area contributed by atoms with E-state index in [2.05, 4.69) is 35.1 Å². The van der Waals surface area contributed by atoms with Gasteiger partial charge in [0.2, 0.25) is 5.91 Å². The second-order valence-corrected chi connectivity index (χ2v) is 6.24. The maximum Gasteiger partial charge on any atom is 0.233 e. The van der Waals surface area contributed by atoms with Gasteiger partial charge in [0.1, 0.15) is 0 Å². The van der Waals surface area contributed by atoms with Crippen molar-refractivity contribution >= 4 is 33.6 Å². The summed E-state index contributed by atoms with van der Waals surface area (Å²) in [6.07, 6.45) is 3.52. The molecule has 3 unspecified atom stereocenters. The molecule has 1 aliphatic heterocycles. The summed E-state index contributed by atoms with van der Waals surface area (Å²) in [5, 5.41) is 4.25. The lowest BCUT2D eigenvalue weighted by atomic mass is 10.1. The van der Waals surface area contributed by atoms with Crippen LogP contribution in [0.4, 0.5) is 0 Å². The van der Waals surface area contributed by atoms with Crippen molar-refractivity contribution < 1.29 is 4.79 Å². The first kappa shape index (κ1) is 13.4. The van der Waals surface area contributed by atoms with E-state index in [1.807, 2.05) is 11.8 Å².